The summed E-state index contributed by atoms with van der Waals surface area (Å²) < 4.78 is 20.0. The summed E-state index contributed by atoms with van der Waals surface area (Å²) >= 11 is 3.21. The third-order valence-corrected chi connectivity index (χ3v) is 3.60. The lowest BCUT2D eigenvalue weighted by Crippen LogP contribution is -2.00. The summed E-state index contributed by atoms with van der Waals surface area (Å²) in [5.74, 6) is 0.00737. The molecule has 3 aromatic rings. The van der Waals surface area contributed by atoms with E-state index in [1.165, 1.54) is 6.07 Å². The highest BCUT2D eigenvalue weighted by molar-refractivity contribution is 9.10. The van der Waals surface area contributed by atoms with Gasteiger partial charge in [0.05, 0.1) is 5.52 Å². The fourth-order valence-electron chi connectivity index (χ4n) is 2.11. The van der Waals surface area contributed by atoms with Gasteiger partial charge in [-0.1, -0.05) is 34.1 Å². The predicted octanol–water partition coefficient (Wildman–Crippen LogP) is 4.39. The molecule has 0 amide bonds. The summed E-state index contributed by atoms with van der Waals surface area (Å²) in [5, 5.41) is 0.976. The maximum absolute atomic E-state index is 13.8. The maximum Gasteiger partial charge on any atom is 0.220 e. The second-order valence-electron chi connectivity index (χ2n) is 4.52. The molecule has 0 aliphatic heterocycles. The van der Waals surface area contributed by atoms with Gasteiger partial charge < -0.3 is 10.5 Å². The summed E-state index contributed by atoms with van der Waals surface area (Å²) in [6, 6.07) is 14.0. The van der Waals surface area contributed by atoms with Crippen LogP contribution in [0.4, 0.5) is 4.39 Å². The van der Waals surface area contributed by atoms with Gasteiger partial charge >= 0.3 is 0 Å². The summed E-state index contributed by atoms with van der Waals surface area (Å²) in [6.45, 7) is 0.363. The molecule has 0 saturated carbocycles. The average Bonchev–Trinajstić information content (AvgIpc) is 2.49. The number of benzene rings is 2. The van der Waals surface area contributed by atoms with Gasteiger partial charge in [-0.25, -0.2) is 9.37 Å². The van der Waals surface area contributed by atoms with E-state index < -0.39 is 5.82 Å². The molecule has 0 spiro atoms. The van der Waals surface area contributed by atoms with E-state index in [9.17, 15) is 4.39 Å². The van der Waals surface area contributed by atoms with Crippen LogP contribution >= 0.6 is 15.9 Å². The van der Waals surface area contributed by atoms with Crippen molar-refractivity contribution in [1.82, 2.24) is 4.98 Å². The molecule has 3 nitrogen and oxygen atoms in total. The van der Waals surface area contributed by atoms with Crippen molar-refractivity contribution >= 4 is 26.8 Å². The van der Waals surface area contributed by atoms with E-state index in [1.807, 2.05) is 24.3 Å². The Kier molecular flexibility index (Phi) is 3.86. The minimum Gasteiger partial charge on any atom is -0.436 e. The lowest BCUT2D eigenvalue weighted by atomic mass is 10.1. The third kappa shape index (κ3) is 2.89. The van der Waals surface area contributed by atoms with E-state index in [4.69, 9.17) is 10.5 Å². The monoisotopic (exact) mass is 346 g/mol. The largest absolute Gasteiger partial charge is 0.436 e. The molecule has 0 aliphatic rings. The summed E-state index contributed by atoms with van der Waals surface area (Å²) in [5.41, 5.74) is 7.45. The molecule has 0 fully saturated rings. The molecule has 1 aromatic heterocycles. The molecule has 0 radical (unpaired) electrons. The van der Waals surface area contributed by atoms with Crippen molar-refractivity contribution in [2.75, 3.05) is 0 Å². The minimum atomic E-state index is -0.450. The van der Waals surface area contributed by atoms with E-state index in [0.717, 1.165) is 16.5 Å². The lowest BCUT2D eigenvalue weighted by molar-refractivity contribution is 0.428. The van der Waals surface area contributed by atoms with Crippen LogP contribution < -0.4 is 10.5 Å². The molecule has 21 heavy (non-hydrogen) atoms. The zero-order valence-corrected chi connectivity index (χ0v) is 12.6. The molecule has 3 rings (SSSR count). The molecule has 2 N–H and O–H groups in total. The van der Waals surface area contributed by atoms with Gasteiger partial charge in [0.1, 0.15) is 0 Å². The third-order valence-electron chi connectivity index (χ3n) is 3.11. The number of aromatic nitrogens is 1. The second-order valence-corrected chi connectivity index (χ2v) is 5.43. The van der Waals surface area contributed by atoms with Gasteiger partial charge in [0.25, 0.3) is 0 Å². The smallest absolute Gasteiger partial charge is 0.220 e. The molecule has 5 heteroatoms. The molecule has 0 aliphatic carbocycles. The molecule has 0 bridgehead atoms. The van der Waals surface area contributed by atoms with E-state index in [-0.39, 0.29) is 5.75 Å². The number of nitrogens with two attached hydrogens (primary N) is 1. The molecule has 0 unspecified atom stereocenters. The Morgan fingerprint density at radius 1 is 1.14 bits per heavy atom. The van der Waals surface area contributed by atoms with Crippen LogP contribution in [0.1, 0.15) is 5.56 Å². The van der Waals surface area contributed by atoms with Crippen LogP contribution in [-0.2, 0) is 6.54 Å². The van der Waals surface area contributed by atoms with Crippen molar-refractivity contribution in [3.8, 4) is 11.6 Å². The van der Waals surface area contributed by atoms with Crippen LogP contribution in [0, 0.1) is 5.82 Å². The molecular weight excluding hydrogens is 335 g/mol. The highest BCUT2D eigenvalue weighted by atomic mass is 79.9. The number of ether oxygens (including phenoxy) is 1. The molecule has 0 atom stereocenters. The highest BCUT2D eigenvalue weighted by Crippen LogP contribution is 2.28. The first kappa shape index (κ1) is 14.0. The SMILES string of the molecule is NCc1cc(Oc2ccc(Br)cc2F)nc2ccccc12. The first-order chi connectivity index (χ1) is 10.2. The van der Waals surface area contributed by atoms with Crippen molar-refractivity contribution in [2.24, 2.45) is 5.73 Å². The second kappa shape index (κ2) is 5.79. The van der Waals surface area contributed by atoms with Gasteiger partial charge in [-0.15, -0.1) is 0 Å². The van der Waals surface area contributed by atoms with Crippen molar-refractivity contribution in [2.45, 2.75) is 6.54 Å². The highest BCUT2D eigenvalue weighted by Gasteiger charge is 2.09. The van der Waals surface area contributed by atoms with Crippen LogP contribution in [0.25, 0.3) is 10.9 Å². The maximum atomic E-state index is 13.8. The molecule has 106 valence electrons. The Morgan fingerprint density at radius 3 is 2.71 bits per heavy atom. The predicted molar refractivity (Wildman–Crippen MR) is 83.8 cm³/mol. The first-order valence-electron chi connectivity index (χ1n) is 6.39. The number of para-hydroxylation sites is 1. The fraction of sp³-hybridized carbons (Fsp3) is 0.0625. The zero-order chi connectivity index (χ0) is 14.8. The Balaban J connectivity index is 2.04. The van der Waals surface area contributed by atoms with Crippen LogP contribution in [0.5, 0.6) is 11.6 Å². The Hall–Kier alpha value is -1.98. The van der Waals surface area contributed by atoms with E-state index in [0.29, 0.717) is 16.9 Å². The summed E-state index contributed by atoms with van der Waals surface area (Å²) in [4.78, 5) is 4.39. The van der Waals surface area contributed by atoms with Gasteiger partial charge in [-0.3, -0.25) is 0 Å². The number of fused-ring (bicyclic) bond motifs is 1. The Morgan fingerprint density at radius 2 is 1.95 bits per heavy atom. The van der Waals surface area contributed by atoms with Crippen molar-refractivity contribution < 1.29 is 9.13 Å². The first-order valence-corrected chi connectivity index (χ1v) is 7.18. The van der Waals surface area contributed by atoms with Crippen molar-refractivity contribution in [3.63, 3.8) is 0 Å². The molecule has 1 heterocycles. The summed E-state index contributed by atoms with van der Waals surface area (Å²) in [6.07, 6.45) is 0. The molecular formula is C16H12BrFN2O. The van der Waals surface area contributed by atoms with Crippen LogP contribution in [0.15, 0.2) is 53.0 Å². The van der Waals surface area contributed by atoms with Gasteiger partial charge in [-0.2, -0.15) is 0 Å². The normalized spacial score (nSPS) is 10.8. The van der Waals surface area contributed by atoms with Crippen molar-refractivity contribution in [3.05, 3.63) is 64.4 Å². The Bertz CT molecular complexity index is 807. The molecule has 0 saturated heterocycles. The van der Waals surface area contributed by atoms with Gasteiger partial charge in [0.2, 0.25) is 5.88 Å². The minimum absolute atomic E-state index is 0.129. The average molecular weight is 347 g/mol. The standard InChI is InChI=1S/C16H12BrFN2O/c17-11-5-6-15(13(18)8-11)21-16-7-10(9-19)12-3-1-2-4-14(12)20-16/h1-8H,9,19H2. The summed E-state index contributed by atoms with van der Waals surface area (Å²) in [7, 11) is 0. The Labute approximate surface area is 129 Å². The number of halogens is 2. The van der Waals surface area contributed by atoms with Gasteiger partial charge in [0, 0.05) is 22.5 Å². The quantitative estimate of drug-likeness (QED) is 0.765. The lowest BCUT2D eigenvalue weighted by Gasteiger charge is -2.10. The topological polar surface area (TPSA) is 48.1 Å². The number of hydrogen-bond donors (Lipinski definition) is 1. The number of pyridine rings is 1. The van der Waals surface area contributed by atoms with Crippen molar-refractivity contribution in [1.29, 1.82) is 0 Å². The van der Waals surface area contributed by atoms with E-state index in [2.05, 4.69) is 20.9 Å². The van der Waals surface area contributed by atoms with E-state index in [1.54, 1.807) is 18.2 Å². The fourth-order valence-corrected chi connectivity index (χ4v) is 2.45. The van der Waals surface area contributed by atoms with Crippen LogP contribution in [0.3, 0.4) is 0 Å². The number of nitrogens with zero attached hydrogens (tertiary/aromatic N) is 1. The van der Waals surface area contributed by atoms with E-state index >= 15 is 0 Å². The molecule has 2 aromatic carbocycles. The zero-order valence-electron chi connectivity index (χ0n) is 11.0. The number of rotatable bonds is 3. The van der Waals surface area contributed by atoms with Crippen LogP contribution in [-0.4, -0.2) is 4.98 Å². The van der Waals surface area contributed by atoms with Crippen LogP contribution in [0.2, 0.25) is 0 Å². The van der Waals surface area contributed by atoms with Gasteiger partial charge in [0.15, 0.2) is 11.6 Å². The number of hydrogen-bond acceptors (Lipinski definition) is 3. The van der Waals surface area contributed by atoms with Gasteiger partial charge in [-0.05, 0) is 29.8 Å².